The van der Waals surface area contributed by atoms with E-state index in [1.165, 1.54) is 12.0 Å². The van der Waals surface area contributed by atoms with Gasteiger partial charge < -0.3 is 10.1 Å². The molecule has 22 heavy (non-hydrogen) atoms. The number of ether oxygens (including phenoxy) is 1. The van der Waals surface area contributed by atoms with Gasteiger partial charge in [-0.3, -0.25) is 4.90 Å². The minimum absolute atomic E-state index is 0.0850. The van der Waals surface area contributed by atoms with Crippen LogP contribution in [0, 0.1) is 6.92 Å². The van der Waals surface area contributed by atoms with Gasteiger partial charge in [0.25, 0.3) is 0 Å². The lowest BCUT2D eigenvalue weighted by Gasteiger charge is -2.18. The van der Waals surface area contributed by atoms with Crippen molar-refractivity contribution in [3.63, 3.8) is 0 Å². The van der Waals surface area contributed by atoms with E-state index in [-0.39, 0.29) is 6.04 Å². The number of pyridine rings is 1. The van der Waals surface area contributed by atoms with Gasteiger partial charge in [0, 0.05) is 19.1 Å². The maximum atomic E-state index is 12.3. The Kier molecular flexibility index (Phi) is 4.90. The molecule has 2 rings (SSSR count). The largest absolute Gasteiger partial charge is 0.465 e. The zero-order valence-corrected chi connectivity index (χ0v) is 12.4. The highest BCUT2D eigenvalue weighted by atomic mass is 19.4. The molecular formula is C14H18F3N3O2. The molecule has 1 N–H and O–H groups in total. The number of anilines is 1. The highest BCUT2D eigenvalue weighted by Gasteiger charge is 2.34. The Hall–Kier alpha value is -1.83. The first kappa shape index (κ1) is 16.5. The Morgan fingerprint density at radius 3 is 2.82 bits per heavy atom. The Balaban J connectivity index is 1.95. The molecule has 2 heterocycles. The molecule has 1 aromatic rings. The first-order valence-electron chi connectivity index (χ1n) is 6.90. The van der Waals surface area contributed by atoms with Crippen LogP contribution in [0.4, 0.5) is 19.0 Å². The summed E-state index contributed by atoms with van der Waals surface area (Å²) in [6.07, 6.45) is -3.55. The van der Waals surface area contributed by atoms with E-state index in [0.29, 0.717) is 36.6 Å². The summed E-state index contributed by atoms with van der Waals surface area (Å²) in [6.45, 7) is 1.51. The van der Waals surface area contributed by atoms with Gasteiger partial charge in [-0.05, 0) is 25.5 Å². The van der Waals surface area contributed by atoms with Crippen molar-refractivity contribution >= 4 is 11.8 Å². The molecule has 0 radical (unpaired) electrons. The van der Waals surface area contributed by atoms with Gasteiger partial charge >= 0.3 is 12.1 Å². The van der Waals surface area contributed by atoms with Crippen LogP contribution in [0.5, 0.6) is 0 Å². The number of carbonyl (C=O) groups is 1. The van der Waals surface area contributed by atoms with Gasteiger partial charge in [0.15, 0.2) is 0 Å². The number of hydrogen-bond acceptors (Lipinski definition) is 5. The number of carbonyl (C=O) groups excluding carboxylic acids is 1. The average Bonchev–Trinajstić information content (AvgIpc) is 2.83. The smallest absolute Gasteiger partial charge is 0.401 e. The predicted molar refractivity (Wildman–Crippen MR) is 74.8 cm³/mol. The molecule has 122 valence electrons. The Labute approximate surface area is 126 Å². The number of alkyl halides is 3. The number of aromatic nitrogens is 1. The van der Waals surface area contributed by atoms with Crippen LogP contribution in [0.2, 0.25) is 0 Å². The minimum Gasteiger partial charge on any atom is -0.465 e. The molecule has 0 saturated carbocycles. The van der Waals surface area contributed by atoms with Crippen LogP contribution in [0.25, 0.3) is 0 Å². The maximum Gasteiger partial charge on any atom is 0.401 e. The molecule has 0 aliphatic carbocycles. The van der Waals surface area contributed by atoms with Crippen LogP contribution < -0.4 is 5.32 Å². The number of halogens is 3. The van der Waals surface area contributed by atoms with Crippen LogP contribution in [0.1, 0.15) is 22.5 Å². The third-order valence-electron chi connectivity index (χ3n) is 3.52. The Bertz CT molecular complexity index is 549. The lowest BCUT2D eigenvalue weighted by atomic mass is 10.2. The van der Waals surface area contributed by atoms with Crippen LogP contribution in [0.3, 0.4) is 0 Å². The van der Waals surface area contributed by atoms with Gasteiger partial charge in [-0.15, -0.1) is 0 Å². The van der Waals surface area contributed by atoms with E-state index in [9.17, 15) is 18.0 Å². The van der Waals surface area contributed by atoms with E-state index in [0.717, 1.165) is 0 Å². The quantitative estimate of drug-likeness (QED) is 0.863. The summed E-state index contributed by atoms with van der Waals surface area (Å²) in [5, 5.41) is 3.11. The average molecular weight is 317 g/mol. The molecule has 0 bridgehead atoms. The molecule has 1 fully saturated rings. The monoisotopic (exact) mass is 317 g/mol. The van der Waals surface area contributed by atoms with Crippen LogP contribution in [-0.4, -0.2) is 54.8 Å². The second kappa shape index (κ2) is 6.51. The van der Waals surface area contributed by atoms with Crippen LogP contribution >= 0.6 is 0 Å². The number of likely N-dealkylation sites (tertiary alicyclic amines) is 1. The molecule has 1 saturated heterocycles. The summed E-state index contributed by atoms with van der Waals surface area (Å²) in [5.41, 5.74) is 0.889. The van der Waals surface area contributed by atoms with Crippen molar-refractivity contribution in [3.05, 3.63) is 23.4 Å². The molecule has 1 aliphatic heterocycles. The van der Waals surface area contributed by atoms with E-state index in [1.54, 1.807) is 19.1 Å². The fourth-order valence-corrected chi connectivity index (χ4v) is 2.52. The summed E-state index contributed by atoms with van der Waals surface area (Å²) >= 11 is 0. The van der Waals surface area contributed by atoms with Crippen LogP contribution in [0.15, 0.2) is 12.1 Å². The Morgan fingerprint density at radius 2 is 2.23 bits per heavy atom. The minimum atomic E-state index is -4.17. The highest BCUT2D eigenvalue weighted by molar-refractivity contribution is 5.90. The molecule has 1 atom stereocenters. The zero-order chi connectivity index (χ0) is 16.3. The Morgan fingerprint density at radius 1 is 1.50 bits per heavy atom. The second-order valence-electron chi connectivity index (χ2n) is 5.30. The number of esters is 1. The van der Waals surface area contributed by atoms with Crippen molar-refractivity contribution in [2.75, 3.05) is 32.1 Å². The first-order chi connectivity index (χ1) is 10.3. The number of rotatable bonds is 4. The highest BCUT2D eigenvalue weighted by Crippen LogP contribution is 2.21. The van der Waals surface area contributed by atoms with Crippen molar-refractivity contribution in [2.45, 2.75) is 25.6 Å². The normalized spacial score (nSPS) is 19.2. The second-order valence-corrected chi connectivity index (χ2v) is 5.30. The van der Waals surface area contributed by atoms with Gasteiger partial charge in [-0.2, -0.15) is 13.2 Å². The molecule has 1 aromatic heterocycles. The summed E-state index contributed by atoms with van der Waals surface area (Å²) in [4.78, 5) is 17.1. The zero-order valence-electron chi connectivity index (χ0n) is 12.4. The van der Waals surface area contributed by atoms with Crippen molar-refractivity contribution in [3.8, 4) is 0 Å². The number of hydrogen-bond donors (Lipinski definition) is 1. The summed E-state index contributed by atoms with van der Waals surface area (Å²) in [6, 6.07) is 3.14. The molecule has 0 spiro atoms. The van der Waals surface area contributed by atoms with E-state index < -0.39 is 18.7 Å². The number of aryl methyl sites for hydroxylation is 1. The van der Waals surface area contributed by atoms with Gasteiger partial charge in [0.1, 0.15) is 5.82 Å². The number of nitrogens with one attached hydrogen (secondary N) is 1. The van der Waals surface area contributed by atoms with Gasteiger partial charge in [0.2, 0.25) is 0 Å². The van der Waals surface area contributed by atoms with Crippen molar-refractivity contribution in [1.82, 2.24) is 9.88 Å². The van der Waals surface area contributed by atoms with Crippen molar-refractivity contribution in [2.24, 2.45) is 0 Å². The lowest BCUT2D eigenvalue weighted by Crippen LogP contribution is -2.34. The SMILES string of the molecule is COC(=O)c1ccc(NC2CCN(CC(F)(F)F)C2)nc1C. The van der Waals surface area contributed by atoms with Crippen LogP contribution in [-0.2, 0) is 4.74 Å². The summed E-state index contributed by atoms with van der Waals surface area (Å²) < 4.78 is 41.7. The summed E-state index contributed by atoms with van der Waals surface area (Å²) in [7, 11) is 1.29. The van der Waals surface area contributed by atoms with Crippen molar-refractivity contribution < 1.29 is 22.7 Å². The number of methoxy groups -OCH3 is 1. The van der Waals surface area contributed by atoms with E-state index in [1.807, 2.05) is 0 Å². The van der Waals surface area contributed by atoms with E-state index in [2.05, 4.69) is 15.0 Å². The molecule has 1 unspecified atom stereocenters. The molecule has 5 nitrogen and oxygen atoms in total. The first-order valence-corrected chi connectivity index (χ1v) is 6.90. The molecule has 1 aliphatic rings. The third kappa shape index (κ3) is 4.33. The fourth-order valence-electron chi connectivity index (χ4n) is 2.52. The lowest BCUT2D eigenvalue weighted by molar-refractivity contribution is -0.143. The van der Waals surface area contributed by atoms with Gasteiger partial charge in [-0.1, -0.05) is 0 Å². The van der Waals surface area contributed by atoms with Crippen molar-refractivity contribution in [1.29, 1.82) is 0 Å². The standard InChI is InChI=1S/C14H18F3N3O2/c1-9-11(13(21)22-2)3-4-12(18-9)19-10-5-6-20(7-10)8-14(15,16)17/h3-4,10H,5-8H2,1-2H3,(H,18,19). The molecular weight excluding hydrogens is 299 g/mol. The predicted octanol–water partition coefficient (Wildman–Crippen LogP) is 2.23. The van der Waals surface area contributed by atoms with Gasteiger partial charge in [0.05, 0.1) is 24.9 Å². The molecule has 8 heteroatoms. The van der Waals surface area contributed by atoms with E-state index in [4.69, 9.17) is 0 Å². The number of nitrogens with zero attached hydrogens (tertiary/aromatic N) is 2. The molecule has 0 amide bonds. The topological polar surface area (TPSA) is 54.5 Å². The fraction of sp³-hybridized carbons (Fsp3) is 0.571. The van der Waals surface area contributed by atoms with E-state index >= 15 is 0 Å². The van der Waals surface area contributed by atoms with Gasteiger partial charge in [-0.25, -0.2) is 9.78 Å². The summed E-state index contributed by atoms with van der Waals surface area (Å²) in [5.74, 6) is 0.0813. The molecule has 0 aromatic carbocycles. The third-order valence-corrected chi connectivity index (χ3v) is 3.52. The maximum absolute atomic E-state index is 12.3.